The molecular weight excluding hydrogens is 548 g/mol. The zero-order chi connectivity index (χ0) is 29.4. The van der Waals surface area contributed by atoms with Gasteiger partial charge in [-0.2, -0.15) is 26.3 Å². The van der Waals surface area contributed by atoms with Crippen molar-refractivity contribution < 1.29 is 31.1 Å². The van der Waals surface area contributed by atoms with E-state index in [0.29, 0.717) is 34.8 Å². The molecule has 2 unspecified atom stereocenters. The maximum absolute atomic E-state index is 13.7. The highest BCUT2D eigenvalue weighted by molar-refractivity contribution is 5.93. The number of aromatic nitrogens is 3. The summed E-state index contributed by atoms with van der Waals surface area (Å²) in [7, 11) is 1.66. The molecule has 5 rings (SSSR count). The molecule has 41 heavy (non-hydrogen) atoms. The summed E-state index contributed by atoms with van der Waals surface area (Å²) in [6.45, 7) is 3.38. The van der Waals surface area contributed by atoms with Crippen LogP contribution in [0, 0.1) is 0 Å². The van der Waals surface area contributed by atoms with Gasteiger partial charge in [-0.05, 0) is 74.8 Å². The van der Waals surface area contributed by atoms with Crippen LogP contribution in [0.25, 0.3) is 22.2 Å². The van der Waals surface area contributed by atoms with E-state index in [1.807, 2.05) is 6.92 Å². The van der Waals surface area contributed by atoms with Crippen molar-refractivity contribution in [1.82, 2.24) is 19.9 Å². The average molecular weight is 576 g/mol. The number of nitrogens with zero attached hydrogens (tertiary/aromatic N) is 4. The highest BCUT2D eigenvalue weighted by atomic mass is 19.4. The molecule has 0 amide bonds. The summed E-state index contributed by atoms with van der Waals surface area (Å²) in [5.74, 6) is 0.735. The molecule has 4 aromatic rings. The lowest BCUT2D eigenvalue weighted by Crippen LogP contribution is -2.41. The summed E-state index contributed by atoms with van der Waals surface area (Å²) in [5.41, 5.74) is -0.936. The van der Waals surface area contributed by atoms with Crippen molar-refractivity contribution >= 4 is 22.4 Å². The standard InChI is InChI=1S/C29H27F6N5O/c1-17(40-14-4-5-21(16-40)41-2)26-38-24-15-18(25-23(29(33,34)35)6-3-13-36-25)7-12-22(24)27(39-26)37-20-10-8-19(9-11-20)28(30,31)32/h3,6-13,15,17,21H,4-5,14,16H2,1-2H3,(H,37,38,39). The number of likely N-dealkylation sites (tertiary alicyclic amines) is 1. The van der Waals surface area contributed by atoms with Crippen LogP contribution >= 0.6 is 0 Å². The summed E-state index contributed by atoms with van der Waals surface area (Å²) >= 11 is 0. The molecule has 0 bridgehead atoms. The molecule has 1 fully saturated rings. The molecule has 0 aliphatic carbocycles. The van der Waals surface area contributed by atoms with Crippen molar-refractivity contribution in [2.45, 2.75) is 44.3 Å². The molecular formula is C29H27F6N5O. The summed E-state index contributed by atoms with van der Waals surface area (Å²) in [6.07, 6.45) is -5.90. The van der Waals surface area contributed by atoms with Crippen LogP contribution < -0.4 is 5.32 Å². The second kappa shape index (κ2) is 11.2. The number of piperidine rings is 1. The fourth-order valence-corrected chi connectivity index (χ4v) is 4.99. The molecule has 1 aliphatic heterocycles. The van der Waals surface area contributed by atoms with Gasteiger partial charge in [0.15, 0.2) is 0 Å². The van der Waals surface area contributed by atoms with Crippen LogP contribution in [0.3, 0.4) is 0 Å². The fraction of sp³-hybridized carbons (Fsp3) is 0.345. The van der Waals surface area contributed by atoms with Gasteiger partial charge in [0, 0.05) is 36.5 Å². The monoisotopic (exact) mass is 575 g/mol. The van der Waals surface area contributed by atoms with Crippen molar-refractivity contribution in [2.24, 2.45) is 0 Å². The molecule has 2 aromatic carbocycles. The van der Waals surface area contributed by atoms with E-state index in [4.69, 9.17) is 14.7 Å². The molecule has 6 nitrogen and oxygen atoms in total. The number of hydrogen-bond donors (Lipinski definition) is 1. The molecule has 3 heterocycles. The second-order valence-corrected chi connectivity index (χ2v) is 9.93. The summed E-state index contributed by atoms with van der Waals surface area (Å²) < 4.78 is 86.0. The molecule has 0 saturated carbocycles. The van der Waals surface area contributed by atoms with E-state index in [9.17, 15) is 26.3 Å². The molecule has 2 aromatic heterocycles. The van der Waals surface area contributed by atoms with Gasteiger partial charge >= 0.3 is 12.4 Å². The van der Waals surface area contributed by atoms with E-state index >= 15 is 0 Å². The smallest absolute Gasteiger partial charge is 0.380 e. The molecule has 12 heteroatoms. The highest BCUT2D eigenvalue weighted by Gasteiger charge is 2.34. The molecule has 1 aliphatic rings. The number of benzene rings is 2. The van der Waals surface area contributed by atoms with Gasteiger partial charge in [-0.25, -0.2) is 9.97 Å². The first-order valence-electron chi connectivity index (χ1n) is 13.0. The Balaban J connectivity index is 1.59. The summed E-state index contributed by atoms with van der Waals surface area (Å²) in [6, 6.07) is 11.1. The lowest BCUT2D eigenvalue weighted by Gasteiger charge is -2.35. The lowest BCUT2D eigenvalue weighted by molar-refractivity contribution is -0.138. The Morgan fingerprint density at radius 2 is 1.73 bits per heavy atom. The van der Waals surface area contributed by atoms with Crippen LogP contribution in [-0.4, -0.2) is 46.2 Å². The Morgan fingerprint density at radius 1 is 0.976 bits per heavy atom. The quantitative estimate of drug-likeness (QED) is 0.239. The predicted octanol–water partition coefficient (Wildman–Crippen LogP) is 7.64. The number of anilines is 2. The summed E-state index contributed by atoms with van der Waals surface area (Å²) in [4.78, 5) is 15.6. The first kappa shape index (κ1) is 28.7. The number of methoxy groups -OCH3 is 1. The third kappa shape index (κ3) is 6.28. The number of rotatable bonds is 6. The molecule has 0 radical (unpaired) electrons. The minimum absolute atomic E-state index is 0.0490. The van der Waals surface area contributed by atoms with E-state index < -0.39 is 23.5 Å². The Labute approximate surface area is 232 Å². The van der Waals surface area contributed by atoms with E-state index in [1.165, 1.54) is 36.5 Å². The van der Waals surface area contributed by atoms with Crippen LogP contribution in [0.4, 0.5) is 37.8 Å². The van der Waals surface area contributed by atoms with Gasteiger partial charge in [0.2, 0.25) is 0 Å². The van der Waals surface area contributed by atoms with Crippen LogP contribution in [0.5, 0.6) is 0 Å². The molecule has 2 atom stereocenters. The Hall–Kier alpha value is -3.77. The maximum atomic E-state index is 13.7. The van der Waals surface area contributed by atoms with E-state index in [2.05, 4.69) is 15.2 Å². The third-order valence-electron chi connectivity index (χ3n) is 7.24. The van der Waals surface area contributed by atoms with Crippen molar-refractivity contribution in [2.75, 3.05) is 25.5 Å². The second-order valence-electron chi connectivity index (χ2n) is 9.93. The fourth-order valence-electron chi connectivity index (χ4n) is 4.99. The molecule has 216 valence electrons. The number of nitrogens with one attached hydrogen (secondary N) is 1. The van der Waals surface area contributed by atoms with Crippen molar-refractivity contribution in [1.29, 1.82) is 0 Å². The first-order valence-corrected chi connectivity index (χ1v) is 13.0. The van der Waals surface area contributed by atoms with Gasteiger partial charge in [0.1, 0.15) is 11.6 Å². The van der Waals surface area contributed by atoms with Crippen molar-refractivity contribution in [3.63, 3.8) is 0 Å². The van der Waals surface area contributed by atoms with Crippen LogP contribution in [0.1, 0.15) is 42.8 Å². The predicted molar refractivity (Wildman–Crippen MR) is 143 cm³/mol. The van der Waals surface area contributed by atoms with Gasteiger partial charge in [-0.3, -0.25) is 9.88 Å². The Morgan fingerprint density at radius 3 is 2.41 bits per heavy atom. The molecule has 1 saturated heterocycles. The third-order valence-corrected chi connectivity index (χ3v) is 7.24. The van der Waals surface area contributed by atoms with Crippen molar-refractivity contribution in [3.8, 4) is 11.3 Å². The summed E-state index contributed by atoms with van der Waals surface area (Å²) in [5, 5.41) is 3.57. The first-order chi connectivity index (χ1) is 19.4. The molecule has 0 spiro atoms. The Bertz CT molecular complexity index is 1520. The average Bonchev–Trinajstić information content (AvgIpc) is 2.95. The number of halogens is 6. The zero-order valence-electron chi connectivity index (χ0n) is 22.2. The maximum Gasteiger partial charge on any atom is 0.418 e. The van der Waals surface area contributed by atoms with Crippen LogP contribution in [0.15, 0.2) is 60.8 Å². The lowest BCUT2D eigenvalue weighted by atomic mass is 10.0. The van der Waals surface area contributed by atoms with E-state index in [0.717, 1.165) is 37.6 Å². The largest absolute Gasteiger partial charge is 0.418 e. The number of fused-ring (bicyclic) bond motifs is 1. The minimum Gasteiger partial charge on any atom is -0.380 e. The topological polar surface area (TPSA) is 63.2 Å². The molecule has 1 N–H and O–H groups in total. The van der Waals surface area contributed by atoms with Gasteiger partial charge in [0.05, 0.1) is 34.5 Å². The number of hydrogen-bond acceptors (Lipinski definition) is 6. The van der Waals surface area contributed by atoms with E-state index in [-0.39, 0.29) is 23.4 Å². The van der Waals surface area contributed by atoms with Gasteiger partial charge in [-0.15, -0.1) is 0 Å². The van der Waals surface area contributed by atoms with Crippen molar-refractivity contribution in [3.05, 3.63) is 77.7 Å². The van der Waals surface area contributed by atoms with Crippen LogP contribution in [0.2, 0.25) is 0 Å². The number of ether oxygens (including phenoxy) is 1. The Kier molecular flexibility index (Phi) is 7.89. The number of pyridine rings is 1. The number of alkyl halides is 6. The normalized spacial score (nSPS) is 17.5. The van der Waals surface area contributed by atoms with Crippen LogP contribution in [-0.2, 0) is 17.1 Å². The zero-order valence-corrected chi connectivity index (χ0v) is 22.2. The van der Waals surface area contributed by atoms with Gasteiger partial charge < -0.3 is 10.1 Å². The van der Waals surface area contributed by atoms with Gasteiger partial charge in [0.25, 0.3) is 0 Å². The minimum atomic E-state index is -4.61. The van der Waals surface area contributed by atoms with E-state index in [1.54, 1.807) is 13.2 Å². The SMILES string of the molecule is COC1CCCN(C(C)c2nc(Nc3ccc(C(F)(F)F)cc3)c3ccc(-c4ncccc4C(F)(F)F)cc3n2)C1. The van der Waals surface area contributed by atoms with Gasteiger partial charge in [-0.1, -0.05) is 6.07 Å². The highest BCUT2D eigenvalue weighted by Crippen LogP contribution is 2.38.